The molecule has 2 aromatic rings. The Kier molecular flexibility index (Phi) is 5.41. The average molecular weight is 393 g/mol. The van der Waals surface area contributed by atoms with Crippen molar-refractivity contribution in [3.63, 3.8) is 0 Å². The normalized spacial score (nSPS) is 10.7. The van der Waals surface area contributed by atoms with Gasteiger partial charge in [-0.15, -0.1) is 5.10 Å². The third-order valence-electron chi connectivity index (χ3n) is 2.34. The standard InChI is InChI=1S/C12H14ClIN4O/c1-2-5-15-7-11-17-18-12(19-11)16-10-4-3-8(13)6-9(10)14/h3-4,6,15H,2,5,7H2,1H3,(H,16,18). The third kappa shape index (κ3) is 4.32. The fourth-order valence-corrected chi connectivity index (χ4v) is 2.46. The molecule has 7 heteroatoms. The van der Waals surface area contributed by atoms with E-state index >= 15 is 0 Å². The molecule has 1 aromatic heterocycles. The van der Waals surface area contributed by atoms with E-state index in [2.05, 4.69) is 50.3 Å². The lowest BCUT2D eigenvalue weighted by Gasteiger charge is -2.04. The predicted molar refractivity (Wildman–Crippen MR) is 83.7 cm³/mol. The molecule has 2 rings (SSSR count). The predicted octanol–water partition coefficient (Wildman–Crippen LogP) is 3.57. The first-order valence-corrected chi connectivity index (χ1v) is 7.40. The molecule has 0 aliphatic carbocycles. The van der Waals surface area contributed by atoms with Gasteiger partial charge in [-0.3, -0.25) is 0 Å². The van der Waals surface area contributed by atoms with Crippen molar-refractivity contribution in [2.24, 2.45) is 0 Å². The van der Waals surface area contributed by atoms with Crippen LogP contribution in [-0.2, 0) is 6.54 Å². The minimum absolute atomic E-state index is 0.383. The second-order valence-corrected chi connectivity index (χ2v) is 5.53. The van der Waals surface area contributed by atoms with E-state index in [0.717, 1.165) is 22.2 Å². The highest BCUT2D eigenvalue weighted by Crippen LogP contribution is 2.24. The van der Waals surface area contributed by atoms with Crippen LogP contribution in [0.2, 0.25) is 5.02 Å². The van der Waals surface area contributed by atoms with Crippen molar-refractivity contribution >= 4 is 45.9 Å². The number of benzene rings is 1. The molecular formula is C12H14ClIN4O. The molecule has 19 heavy (non-hydrogen) atoms. The van der Waals surface area contributed by atoms with Crippen LogP contribution in [0.5, 0.6) is 0 Å². The molecule has 0 aliphatic rings. The lowest BCUT2D eigenvalue weighted by molar-refractivity contribution is 0.479. The Morgan fingerprint density at radius 2 is 2.21 bits per heavy atom. The van der Waals surface area contributed by atoms with Crippen molar-refractivity contribution in [2.75, 3.05) is 11.9 Å². The maximum Gasteiger partial charge on any atom is 0.320 e. The summed E-state index contributed by atoms with van der Waals surface area (Å²) >= 11 is 8.10. The van der Waals surface area contributed by atoms with Crippen LogP contribution < -0.4 is 10.6 Å². The third-order valence-corrected chi connectivity index (χ3v) is 3.47. The minimum atomic E-state index is 0.383. The Morgan fingerprint density at radius 1 is 1.37 bits per heavy atom. The van der Waals surface area contributed by atoms with Crippen LogP contribution in [0.4, 0.5) is 11.7 Å². The molecule has 0 saturated heterocycles. The van der Waals surface area contributed by atoms with E-state index in [1.165, 1.54) is 0 Å². The summed E-state index contributed by atoms with van der Waals surface area (Å²) in [6.45, 7) is 3.62. The van der Waals surface area contributed by atoms with E-state index in [9.17, 15) is 0 Å². The lowest BCUT2D eigenvalue weighted by Crippen LogP contribution is -2.13. The Bertz CT molecular complexity index is 546. The number of rotatable bonds is 6. The quantitative estimate of drug-likeness (QED) is 0.581. The van der Waals surface area contributed by atoms with Crippen molar-refractivity contribution in [1.29, 1.82) is 0 Å². The maximum absolute atomic E-state index is 5.90. The van der Waals surface area contributed by atoms with Gasteiger partial charge in [0.05, 0.1) is 12.2 Å². The number of nitrogens with zero attached hydrogens (tertiary/aromatic N) is 2. The summed E-state index contributed by atoms with van der Waals surface area (Å²) in [5.41, 5.74) is 0.890. The molecule has 5 nitrogen and oxygen atoms in total. The highest BCUT2D eigenvalue weighted by Gasteiger charge is 2.07. The van der Waals surface area contributed by atoms with Crippen molar-refractivity contribution in [2.45, 2.75) is 19.9 Å². The van der Waals surface area contributed by atoms with Crippen LogP contribution in [0.1, 0.15) is 19.2 Å². The van der Waals surface area contributed by atoms with Crippen LogP contribution in [0.3, 0.4) is 0 Å². The maximum atomic E-state index is 5.90. The van der Waals surface area contributed by atoms with Crippen LogP contribution in [0, 0.1) is 3.57 Å². The van der Waals surface area contributed by atoms with Gasteiger partial charge in [-0.1, -0.05) is 23.6 Å². The van der Waals surface area contributed by atoms with Crippen molar-refractivity contribution in [1.82, 2.24) is 15.5 Å². The molecule has 0 amide bonds. The monoisotopic (exact) mass is 392 g/mol. The van der Waals surface area contributed by atoms with E-state index in [1.54, 1.807) is 0 Å². The van der Waals surface area contributed by atoms with Crippen LogP contribution in [0.25, 0.3) is 0 Å². The van der Waals surface area contributed by atoms with Gasteiger partial charge in [0.2, 0.25) is 5.89 Å². The summed E-state index contributed by atoms with van der Waals surface area (Å²) in [4.78, 5) is 0. The number of halogens is 2. The van der Waals surface area contributed by atoms with Gasteiger partial charge in [-0.25, -0.2) is 0 Å². The first-order valence-electron chi connectivity index (χ1n) is 5.94. The van der Waals surface area contributed by atoms with Gasteiger partial charge in [-0.05, 0) is 53.8 Å². The highest BCUT2D eigenvalue weighted by atomic mass is 127. The van der Waals surface area contributed by atoms with Crippen molar-refractivity contribution in [3.05, 3.63) is 32.7 Å². The highest BCUT2D eigenvalue weighted by molar-refractivity contribution is 14.1. The summed E-state index contributed by atoms with van der Waals surface area (Å²) in [5, 5.41) is 14.9. The van der Waals surface area contributed by atoms with Crippen LogP contribution in [0.15, 0.2) is 22.6 Å². The first-order chi connectivity index (χ1) is 9.19. The SMILES string of the molecule is CCCNCc1nnc(Nc2ccc(Cl)cc2I)o1. The zero-order valence-electron chi connectivity index (χ0n) is 10.4. The number of aromatic nitrogens is 2. The minimum Gasteiger partial charge on any atom is -0.406 e. The van der Waals surface area contributed by atoms with Crippen LogP contribution in [-0.4, -0.2) is 16.7 Å². The Morgan fingerprint density at radius 3 is 2.95 bits per heavy atom. The Balaban J connectivity index is 1.99. The van der Waals surface area contributed by atoms with E-state index in [1.807, 2.05) is 18.2 Å². The molecule has 0 saturated carbocycles. The second kappa shape index (κ2) is 7.06. The van der Waals surface area contributed by atoms with Gasteiger partial charge in [0.25, 0.3) is 0 Å². The number of anilines is 2. The summed E-state index contributed by atoms with van der Waals surface area (Å²) < 4.78 is 6.48. The average Bonchev–Trinajstić information content (AvgIpc) is 2.81. The van der Waals surface area contributed by atoms with Gasteiger partial charge in [0, 0.05) is 8.59 Å². The zero-order chi connectivity index (χ0) is 13.7. The van der Waals surface area contributed by atoms with Gasteiger partial charge >= 0.3 is 6.01 Å². The fraction of sp³-hybridized carbons (Fsp3) is 0.333. The summed E-state index contributed by atoms with van der Waals surface area (Å²) in [5.74, 6) is 0.569. The van der Waals surface area contributed by atoms with Crippen molar-refractivity contribution < 1.29 is 4.42 Å². The van der Waals surface area contributed by atoms with Crippen LogP contribution >= 0.6 is 34.2 Å². The Hall–Kier alpha value is -0.860. The second-order valence-electron chi connectivity index (χ2n) is 3.93. The molecule has 0 radical (unpaired) electrons. The van der Waals surface area contributed by atoms with Gasteiger partial charge in [-0.2, -0.15) is 0 Å². The van der Waals surface area contributed by atoms with E-state index in [4.69, 9.17) is 16.0 Å². The van der Waals surface area contributed by atoms with Gasteiger partial charge < -0.3 is 15.1 Å². The molecule has 102 valence electrons. The Labute approximate surface area is 130 Å². The molecule has 0 atom stereocenters. The van der Waals surface area contributed by atoms with Crippen molar-refractivity contribution in [3.8, 4) is 0 Å². The molecule has 0 bridgehead atoms. The molecule has 1 heterocycles. The summed E-state index contributed by atoms with van der Waals surface area (Å²) in [7, 11) is 0. The molecule has 0 aliphatic heterocycles. The first kappa shape index (κ1) is 14.5. The van der Waals surface area contributed by atoms with E-state index < -0.39 is 0 Å². The fourth-order valence-electron chi connectivity index (χ4n) is 1.45. The zero-order valence-corrected chi connectivity index (χ0v) is 13.3. The lowest BCUT2D eigenvalue weighted by atomic mass is 10.3. The van der Waals surface area contributed by atoms with Gasteiger partial charge in [0.1, 0.15) is 0 Å². The smallest absolute Gasteiger partial charge is 0.320 e. The largest absolute Gasteiger partial charge is 0.406 e. The topological polar surface area (TPSA) is 63.0 Å². The number of hydrogen-bond acceptors (Lipinski definition) is 5. The molecule has 0 unspecified atom stereocenters. The molecule has 1 aromatic carbocycles. The number of hydrogen-bond donors (Lipinski definition) is 2. The molecule has 0 spiro atoms. The van der Waals surface area contributed by atoms with Gasteiger partial charge in [0.15, 0.2) is 0 Å². The molecule has 2 N–H and O–H groups in total. The van der Waals surface area contributed by atoms with E-state index in [0.29, 0.717) is 23.5 Å². The molecular weight excluding hydrogens is 379 g/mol. The summed E-state index contributed by atoms with van der Waals surface area (Å²) in [6.07, 6.45) is 1.07. The number of nitrogens with one attached hydrogen (secondary N) is 2. The van der Waals surface area contributed by atoms with E-state index in [-0.39, 0.29) is 0 Å². The summed E-state index contributed by atoms with van der Waals surface area (Å²) in [6, 6.07) is 5.94. The molecule has 0 fully saturated rings.